The van der Waals surface area contributed by atoms with E-state index >= 15 is 0 Å². The molecule has 4 saturated carbocycles. The molecule has 6 nitrogen and oxygen atoms in total. The van der Waals surface area contributed by atoms with Crippen molar-refractivity contribution >= 4 is 6.09 Å². The highest BCUT2D eigenvalue weighted by Crippen LogP contribution is 2.60. The van der Waals surface area contributed by atoms with Crippen LogP contribution in [0.2, 0.25) is 0 Å². The molecule has 0 aromatic carbocycles. The smallest absolute Gasteiger partial charge is 0.417 e. The van der Waals surface area contributed by atoms with Crippen LogP contribution in [-0.2, 0) is 6.18 Å². The molecule has 7 atom stereocenters. The van der Waals surface area contributed by atoms with Gasteiger partial charge in [-0.05, 0) is 61.8 Å². The number of likely N-dealkylation sites (tertiary alicyclic amines) is 1. The Morgan fingerprint density at radius 2 is 1.90 bits per heavy atom. The van der Waals surface area contributed by atoms with Crippen LogP contribution in [0.15, 0.2) is 18.3 Å². The molecule has 1 aliphatic heterocycles. The second-order valence-corrected chi connectivity index (χ2v) is 9.57. The van der Waals surface area contributed by atoms with Gasteiger partial charge < -0.3 is 19.8 Å². The van der Waals surface area contributed by atoms with Gasteiger partial charge in [0.2, 0.25) is 5.88 Å². The van der Waals surface area contributed by atoms with Crippen molar-refractivity contribution in [2.45, 2.75) is 62.4 Å². The van der Waals surface area contributed by atoms with Crippen molar-refractivity contribution in [3.05, 3.63) is 23.9 Å². The first-order valence-electron chi connectivity index (χ1n) is 10.5. The van der Waals surface area contributed by atoms with Crippen molar-refractivity contribution in [2.75, 3.05) is 6.54 Å². The Morgan fingerprint density at radius 3 is 2.43 bits per heavy atom. The molecule has 0 spiro atoms. The Balaban J connectivity index is 1.39. The van der Waals surface area contributed by atoms with Crippen LogP contribution < -0.4 is 4.74 Å². The van der Waals surface area contributed by atoms with Crippen LogP contribution in [0.4, 0.5) is 18.0 Å². The minimum absolute atomic E-state index is 0.0766. The summed E-state index contributed by atoms with van der Waals surface area (Å²) in [5.74, 6) is 1.17. The van der Waals surface area contributed by atoms with Crippen molar-refractivity contribution in [1.82, 2.24) is 9.88 Å². The summed E-state index contributed by atoms with van der Waals surface area (Å²) in [7, 11) is 0. The molecule has 30 heavy (non-hydrogen) atoms. The van der Waals surface area contributed by atoms with Gasteiger partial charge in [-0.25, -0.2) is 9.78 Å². The second kappa shape index (κ2) is 6.73. The number of hydrogen-bond donors (Lipinski definition) is 2. The monoisotopic (exact) mass is 426 g/mol. The molecule has 4 aliphatic carbocycles. The van der Waals surface area contributed by atoms with E-state index < -0.39 is 29.5 Å². The van der Waals surface area contributed by atoms with E-state index in [1.54, 1.807) is 0 Å². The molecule has 164 valence electrons. The molecule has 1 aromatic heterocycles. The van der Waals surface area contributed by atoms with Crippen LogP contribution in [-0.4, -0.2) is 50.5 Å². The van der Waals surface area contributed by atoms with Gasteiger partial charge in [-0.3, -0.25) is 0 Å². The van der Waals surface area contributed by atoms with Gasteiger partial charge in [-0.1, -0.05) is 0 Å². The third kappa shape index (κ3) is 3.31. The fourth-order valence-corrected chi connectivity index (χ4v) is 6.95. The highest BCUT2D eigenvalue weighted by molar-refractivity contribution is 5.66. The zero-order valence-corrected chi connectivity index (χ0v) is 16.4. The number of hydrogen-bond acceptors (Lipinski definition) is 4. The van der Waals surface area contributed by atoms with E-state index in [2.05, 4.69) is 4.98 Å². The molecule has 4 bridgehead atoms. The van der Waals surface area contributed by atoms with Crippen LogP contribution in [0.5, 0.6) is 5.88 Å². The maximum absolute atomic E-state index is 12.8. The number of amides is 1. The first-order valence-corrected chi connectivity index (χ1v) is 10.5. The van der Waals surface area contributed by atoms with E-state index in [0.29, 0.717) is 31.7 Å². The van der Waals surface area contributed by atoms with Gasteiger partial charge in [0, 0.05) is 25.2 Å². The molecule has 6 rings (SSSR count). The van der Waals surface area contributed by atoms with Crippen LogP contribution in [0.3, 0.4) is 0 Å². The lowest BCUT2D eigenvalue weighted by Crippen LogP contribution is -2.61. The first-order chi connectivity index (χ1) is 14.1. The SMILES string of the molecule is O=C(O)N1CC[C@@H](Oc2ccc(C(F)(F)F)cn2)C1C1C2CC3C[C@H]1CC(O)(C3)C2. The molecule has 1 amide bonds. The second-order valence-electron chi connectivity index (χ2n) is 9.57. The molecule has 5 fully saturated rings. The average Bonchev–Trinajstić information content (AvgIpc) is 3.03. The van der Waals surface area contributed by atoms with Crippen LogP contribution in [0.1, 0.15) is 44.1 Å². The molecule has 5 aliphatic rings. The molecule has 1 aromatic rings. The average molecular weight is 426 g/mol. The van der Waals surface area contributed by atoms with E-state index in [4.69, 9.17) is 4.74 Å². The van der Waals surface area contributed by atoms with Crippen molar-refractivity contribution in [3.8, 4) is 5.88 Å². The normalized spacial score (nSPS) is 40.1. The van der Waals surface area contributed by atoms with Gasteiger partial charge in [0.15, 0.2) is 0 Å². The van der Waals surface area contributed by atoms with Crippen LogP contribution in [0.25, 0.3) is 0 Å². The van der Waals surface area contributed by atoms with Crippen LogP contribution >= 0.6 is 0 Å². The lowest BCUT2D eigenvalue weighted by molar-refractivity contribution is -0.167. The van der Waals surface area contributed by atoms with Crippen molar-refractivity contribution < 1.29 is 32.9 Å². The molecule has 1 saturated heterocycles. The molecule has 9 heteroatoms. The summed E-state index contributed by atoms with van der Waals surface area (Å²) in [5, 5.41) is 20.6. The zero-order chi connectivity index (χ0) is 21.3. The summed E-state index contributed by atoms with van der Waals surface area (Å²) in [4.78, 5) is 17.2. The number of ether oxygens (including phenoxy) is 1. The Morgan fingerprint density at radius 1 is 1.20 bits per heavy atom. The standard InChI is InChI=1S/C21H25F3N2O4/c22-21(23,24)14-1-2-16(25-10-14)30-15-3-4-26(19(27)28)18(15)17-12-5-11-6-13(17)9-20(29,7-11)8-12/h1-2,10-13,15,17-18,29H,3-9H2,(H,27,28)/t11?,12-,13?,15+,17?,18?,20?/m0/s1. The number of pyridine rings is 1. The summed E-state index contributed by atoms with van der Waals surface area (Å²) >= 11 is 0. The number of aliphatic hydroxyl groups is 1. The molecular formula is C21H25F3N2O4. The summed E-state index contributed by atoms with van der Waals surface area (Å²) in [6.07, 6.45) is -0.480. The summed E-state index contributed by atoms with van der Waals surface area (Å²) in [6, 6.07) is 1.76. The maximum atomic E-state index is 12.8. The summed E-state index contributed by atoms with van der Waals surface area (Å²) in [5.41, 5.74) is -1.47. The number of carboxylic acid groups (broad SMARTS) is 1. The van der Waals surface area contributed by atoms with E-state index in [-0.39, 0.29) is 29.7 Å². The number of alkyl halides is 3. The van der Waals surface area contributed by atoms with Crippen LogP contribution in [0, 0.1) is 23.7 Å². The molecule has 0 radical (unpaired) electrons. The van der Waals surface area contributed by atoms with E-state index in [1.165, 1.54) is 11.0 Å². The molecule has 2 heterocycles. The molecule has 5 unspecified atom stereocenters. The van der Waals surface area contributed by atoms with E-state index in [0.717, 1.165) is 31.5 Å². The number of aromatic nitrogens is 1. The minimum atomic E-state index is -4.47. The quantitative estimate of drug-likeness (QED) is 0.769. The lowest BCUT2D eigenvalue weighted by Gasteiger charge is -2.60. The third-order valence-corrected chi connectivity index (χ3v) is 7.68. The third-order valence-electron chi connectivity index (χ3n) is 7.68. The Labute approximate surface area is 172 Å². The largest absolute Gasteiger partial charge is 0.472 e. The van der Waals surface area contributed by atoms with E-state index in [9.17, 15) is 28.2 Å². The predicted molar refractivity (Wildman–Crippen MR) is 98.8 cm³/mol. The number of carbonyl (C=O) groups is 1. The van der Waals surface area contributed by atoms with Crippen molar-refractivity contribution in [3.63, 3.8) is 0 Å². The Bertz CT molecular complexity index is 815. The predicted octanol–water partition coefficient (Wildman–Crippen LogP) is 3.79. The van der Waals surface area contributed by atoms with E-state index in [1.807, 2.05) is 0 Å². The number of halogens is 3. The zero-order valence-electron chi connectivity index (χ0n) is 16.4. The topological polar surface area (TPSA) is 82.9 Å². The van der Waals surface area contributed by atoms with Gasteiger partial charge in [0.25, 0.3) is 0 Å². The highest BCUT2D eigenvalue weighted by Gasteiger charge is 2.59. The number of rotatable bonds is 3. The summed E-state index contributed by atoms with van der Waals surface area (Å²) < 4.78 is 44.4. The van der Waals surface area contributed by atoms with Crippen molar-refractivity contribution in [1.29, 1.82) is 0 Å². The van der Waals surface area contributed by atoms with Gasteiger partial charge >= 0.3 is 12.3 Å². The maximum Gasteiger partial charge on any atom is 0.417 e. The minimum Gasteiger partial charge on any atom is -0.472 e. The molecular weight excluding hydrogens is 401 g/mol. The van der Waals surface area contributed by atoms with Gasteiger partial charge in [0.1, 0.15) is 6.10 Å². The van der Waals surface area contributed by atoms with Gasteiger partial charge in [-0.15, -0.1) is 0 Å². The van der Waals surface area contributed by atoms with Crippen molar-refractivity contribution in [2.24, 2.45) is 23.7 Å². The fourth-order valence-electron chi connectivity index (χ4n) is 6.95. The highest BCUT2D eigenvalue weighted by atomic mass is 19.4. The Hall–Kier alpha value is -2.03. The fraction of sp³-hybridized carbons (Fsp3) is 0.714. The molecule has 2 N–H and O–H groups in total. The summed E-state index contributed by atoms with van der Waals surface area (Å²) in [6.45, 7) is 0.328. The Kier molecular flexibility index (Phi) is 4.47. The first kappa shape index (κ1) is 19.9. The number of nitrogens with zero attached hydrogens (tertiary/aromatic N) is 2. The van der Waals surface area contributed by atoms with Gasteiger partial charge in [0.05, 0.1) is 17.2 Å². The van der Waals surface area contributed by atoms with Gasteiger partial charge in [-0.2, -0.15) is 13.2 Å². The lowest BCUT2D eigenvalue weighted by atomic mass is 9.48.